The number of amides is 3. The lowest BCUT2D eigenvalue weighted by molar-refractivity contribution is -0.134. The minimum Gasteiger partial charge on any atom is -0.399 e. The fraction of sp³-hybridized carbons (Fsp3) is 0.389. The van der Waals surface area contributed by atoms with Crippen molar-refractivity contribution in [3.63, 3.8) is 0 Å². The molecule has 3 amide bonds. The van der Waals surface area contributed by atoms with Crippen molar-refractivity contribution in [1.29, 1.82) is 0 Å². The number of hydrogen-bond donors (Lipinski definition) is 5. The maximum atomic E-state index is 14.0. The molecule has 0 radical (unpaired) electrons. The number of ether oxygens (including phenoxy) is 1. The third-order valence-electron chi connectivity index (χ3n) is 8.15. The first-order chi connectivity index (χ1) is 22.1. The van der Waals surface area contributed by atoms with Crippen molar-refractivity contribution in [2.24, 2.45) is 0 Å². The van der Waals surface area contributed by atoms with Crippen molar-refractivity contribution >= 4 is 34.9 Å². The first-order valence-corrected chi connectivity index (χ1v) is 15.9. The Morgan fingerprint density at radius 1 is 0.696 bits per heavy atom. The predicted octanol–water partition coefficient (Wildman–Crippen LogP) is 3.27. The zero-order chi connectivity index (χ0) is 33.1. The molecule has 1 aliphatic heterocycles. The molecule has 0 aromatic heterocycles. The quantitative estimate of drug-likeness (QED) is 0.0869. The van der Waals surface area contributed by atoms with Gasteiger partial charge in [0.1, 0.15) is 17.7 Å². The van der Waals surface area contributed by atoms with Crippen LogP contribution in [-0.2, 0) is 43.2 Å². The Balaban J connectivity index is 1.57. The summed E-state index contributed by atoms with van der Waals surface area (Å²) in [6.45, 7) is 4.04. The van der Waals surface area contributed by atoms with Gasteiger partial charge in [0.25, 0.3) is 0 Å². The maximum Gasteiger partial charge on any atom is 0.243 e. The van der Waals surface area contributed by atoms with E-state index in [4.69, 9.17) is 16.2 Å². The van der Waals surface area contributed by atoms with Crippen LogP contribution in [0.3, 0.4) is 0 Å². The zero-order valence-corrected chi connectivity index (χ0v) is 26.6. The summed E-state index contributed by atoms with van der Waals surface area (Å²) in [5.41, 5.74) is 14.4. The molecule has 46 heavy (non-hydrogen) atoms. The van der Waals surface area contributed by atoms with Crippen molar-refractivity contribution in [3.05, 3.63) is 95.6 Å². The van der Waals surface area contributed by atoms with Gasteiger partial charge >= 0.3 is 0 Å². The second-order valence-electron chi connectivity index (χ2n) is 12.2. The average Bonchev–Trinajstić information content (AvgIpc) is 3.80. The van der Waals surface area contributed by atoms with Crippen LogP contribution in [0.2, 0.25) is 0 Å². The number of ketones is 1. The van der Waals surface area contributed by atoms with Crippen LogP contribution in [0.15, 0.2) is 78.9 Å². The van der Waals surface area contributed by atoms with Gasteiger partial charge in [0.15, 0.2) is 5.78 Å². The third kappa shape index (κ3) is 10.2. The molecule has 1 saturated heterocycles. The van der Waals surface area contributed by atoms with Crippen LogP contribution in [0.1, 0.15) is 56.2 Å². The number of hydrogen-bond acceptors (Lipinski definition) is 7. The van der Waals surface area contributed by atoms with E-state index in [2.05, 4.69) is 22.9 Å². The van der Waals surface area contributed by atoms with Crippen LogP contribution in [0, 0.1) is 0 Å². The monoisotopic (exact) mass is 627 g/mol. The van der Waals surface area contributed by atoms with E-state index in [1.54, 1.807) is 55.5 Å². The highest BCUT2D eigenvalue weighted by atomic mass is 16.6. The van der Waals surface area contributed by atoms with Gasteiger partial charge in [-0.25, -0.2) is 0 Å². The van der Waals surface area contributed by atoms with Gasteiger partial charge in [-0.2, -0.15) is 0 Å². The molecule has 10 nitrogen and oxygen atoms in total. The topological polar surface area (TPSA) is 169 Å². The molecule has 0 saturated carbocycles. The molecule has 7 N–H and O–H groups in total. The lowest BCUT2D eigenvalue weighted by Gasteiger charge is -2.26. The number of anilines is 2. The normalized spacial score (nSPS) is 17.3. The van der Waals surface area contributed by atoms with Crippen molar-refractivity contribution in [2.75, 3.05) is 18.1 Å². The van der Waals surface area contributed by atoms with Crippen LogP contribution in [0.4, 0.5) is 11.4 Å². The van der Waals surface area contributed by atoms with E-state index in [-0.39, 0.29) is 37.6 Å². The van der Waals surface area contributed by atoms with Gasteiger partial charge in [-0.1, -0.05) is 74.4 Å². The average molecular weight is 628 g/mol. The van der Waals surface area contributed by atoms with Crippen LogP contribution >= 0.6 is 0 Å². The second kappa shape index (κ2) is 16.0. The van der Waals surface area contributed by atoms with Gasteiger partial charge in [-0.05, 0) is 60.7 Å². The molecule has 0 aliphatic carbocycles. The van der Waals surface area contributed by atoms with E-state index in [9.17, 15) is 19.2 Å². The number of nitrogen functional groups attached to an aromatic ring is 2. The molecule has 0 bridgehead atoms. The molecule has 1 fully saturated rings. The Morgan fingerprint density at radius 2 is 1.15 bits per heavy atom. The maximum absolute atomic E-state index is 14.0. The van der Waals surface area contributed by atoms with E-state index < -0.39 is 35.5 Å². The van der Waals surface area contributed by atoms with Crippen LogP contribution < -0.4 is 27.4 Å². The molecule has 1 aliphatic rings. The first-order valence-electron chi connectivity index (χ1n) is 15.9. The van der Waals surface area contributed by atoms with Gasteiger partial charge in [0, 0.05) is 30.6 Å². The van der Waals surface area contributed by atoms with Crippen molar-refractivity contribution in [3.8, 4) is 0 Å². The molecule has 1 heterocycles. The van der Waals surface area contributed by atoms with Gasteiger partial charge in [0.2, 0.25) is 17.7 Å². The Kier molecular flexibility index (Phi) is 11.9. The number of nitrogens with one attached hydrogen (secondary N) is 3. The number of carbonyl (C=O) groups is 4. The lowest BCUT2D eigenvalue weighted by Crippen LogP contribution is -2.58. The lowest BCUT2D eigenvalue weighted by atomic mass is 9.94. The number of benzene rings is 3. The van der Waals surface area contributed by atoms with E-state index in [1.807, 2.05) is 30.3 Å². The summed E-state index contributed by atoms with van der Waals surface area (Å²) >= 11 is 0. The molecule has 3 aromatic rings. The van der Waals surface area contributed by atoms with Crippen molar-refractivity contribution in [2.45, 2.75) is 82.5 Å². The predicted molar refractivity (Wildman–Crippen MR) is 179 cm³/mol. The summed E-state index contributed by atoms with van der Waals surface area (Å²) in [6, 6.07) is 20.6. The third-order valence-corrected chi connectivity index (χ3v) is 8.15. The summed E-state index contributed by atoms with van der Waals surface area (Å²) in [5, 5.41) is 8.67. The summed E-state index contributed by atoms with van der Waals surface area (Å²) in [4.78, 5) is 54.2. The van der Waals surface area contributed by atoms with Gasteiger partial charge in [-0.3, -0.25) is 19.2 Å². The van der Waals surface area contributed by atoms with Gasteiger partial charge in [-0.15, -0.1) is 0 Å². The Labute approximate surface area is 270 Å². The number of unbranched alkanes of at least 4 members (excludes halogenated alkanes) is 2. The number of carbonyl (C=O) groups excluding carboxylic acids is 4. The van der Waals surface area contributed by atoms with E-state index >= 15 is 0 Å². The molecular weight excluding hydrogens is 582 g/mol. The molecule has 0 unspecified atom stereocenters. The highest BCUT2D eigenvalue weighted by Gasteiger charge is 2.50. The Hall–Kier alpha value is -4.70. The zero-order valence-electron chi connectivity index (χ0n) is 26.6. The van der Waals surface area contributed by atoms with Crippen LogP contribution in [0.5, 0.6) is 0 Å². The van der Waals surface area contributed by atoms with Crippen LogP contribution in [-0.4, -0.2) is 53.8 Å². The first kappa shape index (κ1) is 34.2. The fourth-order valence-corrected chi connectivity index (χ4v) is 5.22. The number of nitrogens with two attached hydrogens (primary N) is 2. The summed E-state index contributed by atoms with van der Waals surface area (Å²) in [6.07, 6.45) is 3.46. The van der Waals surface area contributed by atoms with E-state index in [0.29, 0.717) is 24.2 Å². The number of rotatable bonds is 17. The van der Waals surface area contributed by atoms with E-state index in [0.717, 1.165) is 29.5 Å². The Morgan fingerprint density at radius 3 is 1.65 bits per heavy atom. The van der Waals surface area contributed by atoms with Crippen molar-refractivity contribution in [1.82, 2.24) is 16.0 Å². The summed E-state index contributed by atoms with van der Waals surface area (Å²) in [7, 11) is 0. The molecule has 4 rings (SSSR count). The molecular formula is C36H45N5O5. The van der Waals surface area contributed by atoms with E-state index in [1.165, 1.54) is 0 Å². The van der Waals surface area contributed by atoms with Gasteiger partial charge < -0.3 is 32.2 Å². The van der Waals surface area contributed by atoms with Gasteiger partial charge in [0.05, 0.1) is 12.6 Å². The molecule has 10 heteroatoms. The second-order valence-corrected chi connectivity index (χ2v) is 12.2. The molecule has 244 valence electrons. The fourth-order valence-electron chi connectivity index (χ4n) is 5.22. The standard InChI is InChI=1S/C36H45N5O5/c1-3-4-6-11-32(42)39-30(21-25-12-16-27(37)17-13-25)34(44)41-31(22-26-14-18-28(38)19-15-26)35(45)40-29(33(43)36(2)23-46-36)20-24-9-7-5-8-10-24/h5,7-10,12-19,29-31H,3-4,6,11,20-23,37-38H2,1-2H3,(H,39,42)(H,40,45)(H,41,44)/t29-,30+,31-,36+/m0/s1. The minimum absolute atomic E-state index is 0.136. The molecule has 3 aromatic carbocycles. The van der Waals surface area contributed by atoms with Crippen molar-refractivity contribution < 1.29 is 23.9 Å². The molecule has 4 atom stereocenters. The summed E-state index contributed by atoms with van der Waals surface area (Å²) < 4.78 is 5.43. The smallest absolute Gasteiger partial charge is 0.243 e. The minimum atomic E-state index is -1.05. The highest BCUT2D eigenvalue weighted by Crippen LogP contribution is 2.29. The SMILES string of the molecule is CCCCCC(=O)N[C@H](Cc1ccc(N)cc1)C(=O)N[C@@H](Cc1ccc(N)cc1)C(=O)N[C@@H](Cc1ccccc1)C(=O)[C@@]1(C)CO1. The molecule has 0 spiro atoms. The number of Topliss-reactive ketones (excluding diaryl/α,β-unsaturated/α-hetero) is 1. The van der Waals surface area contributed by atoms with Crippen LogP contribution in [0.25, 0.3) is 0 Å². The summed E-state index contributed by atoms with van der Waals surface area (Å²) in [5.74, 6) is -1.51. The number of epoxide rings is 1. The largest absolute Gasteiger partial charge is 0.399 e. The highest BCUT2D eigenvalue weighted by molar-refractivity contribution is 5.98. The Bertz CT molecular complexity index is 1470.